The van der Waals surface area contributed by atoms with Crippen LogP contribution in [-0.2, 0) is 17.6 Å². The predicted octanol–water partition coefficient (Wildman–Crippen LogP) is 2.66. The van der Waals surface area contributed by atoms with Gasteiger partial charge in [-0.05, 0) is 37.7 Å². The van der Waals surface area contributed by atoms with Crippen molar-refractivity contribution in [2.75, 3.05) is 20.6 Å². The molecule has 4 heteroatoms. The van der Waals surface area contributed by atoms with E-state index in [0.29, 0.717) is 12.1 Å². The summed E-state index contributed by atoms with van der Waals surface area (Å²) in [5.41, 5.74) is 1.66. The van der Waals surface area contributed by atoms with E-state index in [-0.39, 0.29) is 24.2 Å². The van der Waals surface area contributed by atoms with Gasteiger partial charge in [0.1, 0.15) is 5.82 Å². The normalized spacial score (nSPS) is 12.2. The minimum Gasteiger partial charge on any atom is -0.354 e. The fourth-order valence-electron chi connectivity index (χ4n) is 2.43. The van der Waals surface area contributed by atoms with Gasteiger partial charge >= 0.3 is 0 Å². The highest BCUT2D eigenvalue weighted by molar-refractivity contribution is 5.78. The molecule has 0 saturated heterocycles. The number of nitrogens with one attached hydrogen (secondary N) is 1. The van der Waals surface area contributed by atoms with E-state index in [1.807, 2.05) is 32.3 Å². The fourth-order valence-corrected chi connectivity index (χ4v) is 2.43. The van der Waals surface area contributed by atoms with Crippen molar-refractivity contribution < 1.29 is 9.18 Å². The highest BCUT2D eigenvalue weighted by Gasteiger charge is 2.14. The van der Waals surface area contributed by atoms with Crippen LogP contribution in [0.25, 0.3) is 0 Å². The van der Waals surface area contributed by atoms with Crippen LogP contribution in [-0.4, -0.2) is 37.5 Å². The maximum Gasteiger partial charge on any atom is 0.224 e. The van der Waals surface area contributed by atoms with E-state index in [1.54, 1.807) is 18.2 Å². The van der Waals surface area contributed by atoms with Crippen molar-refractivity contribution in [3.8, 4) is 0 Å². The molecule has 0 bridgehead atoms. The number of amides is 1. The van der Waals surface area contributed by atoms with Gasteiger partial charge in [-0.15, -0.1) is 0 Å². The van der Waals surface area contributed by atoms with Crippen LogP contribution in [0.3, 0.4) is 0 Å². The zero-order chi connectivity index (χ0) is 16.7. The minimum atomic E-state index is -0.337. The molecule has 0 aliphatic heterocycles. The summed E-state index contributed by atoms with van der Waals surface area (Å²) in [5.74, 6) is -0.494. The van der Waals surface area contributed by atoms with Gasteiger partial charge in [-0.2, -0.15) is 0 Å². The Hall–Kier alpha value is -2.20. The smallest absolute Gasteiger partial charge is 0.224 e. The van der Waals surface area contributed by atoms with Gasteiger partial charge < -0.3 is 10.2 Å². The molecule has 0 spiro atoms. The third kappa shape index (κ3) is 5.49. The first-order valence-electron chi connectivity index (χ1n) is 7.76. The Morgan fingerprint density at radius 3 is 2.39 bits per heavy atom. The Balaban J connectivity index is 1.88. The maximum absolute atomic E-state index is 13.6. The lowest BCUT2D eigenvalue weighted by Gasteiger charge is -2.24. The number of benzene rings is 2. The summed E-state index contributed by atoms with van der Waals surface area (Å²) in [6.07, 6.45) is 0.923. The van der Waals surface area contributed by atoms with Crippen molar-refractivity contribution in [1.29, 1.82) is 0 Å². The second-order valence-electron chi connectivity index (χ2n) is 5.88. The number of rotatable bonds is 7. The molecular formula is C19H23FN2O. The van der Waals surface area contributed by atoms with Gasteiger partial charge in [0.2, 0.25) is 5.91 Å². The van der Waals surface area contributed by atoms with E-state index in [0.717, 1.165) is 6.42 Å². The third-order valence-corrected chi connectivity index (χ3v) is 3.89. The lowest BCUT2D eigenvalue weighted by Crippen LogP contribution is -2.42. The lowest BCUT2D eigenvalue weighted by atomic mass is 10.0. The molecular weight excluding hydrogens is 291 g/mol. The molecule has 0 fully saturated rings. The van der Waals surface area contributed by atoms with Crippen molar-refractivity contribution in [3.63, 3.8) is 0 Å². The number of halogens is 1. The Labute approximate surface area is 137 Å². The van der Waals surface area contributed by atoms with Gasteiger partial charge in [-0.3, -0.25) is 4.79 Å². The largest absolute Gasteiger partial charge is 0.354 e. The first-order valence-corrected chi connectivity index (χ1v) is 7.76. The molecule has 0 aliphatic carbocycles. The van der Waals surface area contributed by atoms with Crippen LogP contribution in [0.2, 0.25) is 0 Å². The molecule has 0 saturated carbocycles. The molecule has 3 nitrogen and oxygen atoms in total. The van der Waals surface area contributed by atoms with Crippen LogP contribution in [0, 0.1) is 5.82 Å². The maximum atomic E-state index is 13.6. The number of carbonyl (C=O) groups excluding carboxylic acids is 1. The Morgan fingerprint density at radius 1 is 1.09 bits per heavy atom. The predicted molar refractivity (Wildman–Crippen MR) is 90.7 cm³/mol. The summed E-state index contributed by atoms with van der Waals surface area (Å²) in [5, 5.41) is 2.91. The van der Waals surface area contributed by atoms with Crippen molar-refractivity contribution in [1.82, 2.24) is 10.2 Å². The van der Waals surface area contributed by atoms with Crippen molar-refractivity contribution in [2.24, 2.45) is 0 Å². The number of hydrogen-bond acceptors (Lipinski definition) is 2. The van der Waals surface area contributed by atoms with Crippen LogP contribution in [0.5, 0.6) is 0 Å². The first kappa shape index (κ1) is 17.2. The van der Waals surface area contributed by atoms with Gasteiger partial charge in [0.25, 0.3) is 0 Å². The zero-order valence-corrected chi connectivity index (χ0v) is 13.6. The number of carbonyl (C=O) groups is 1. The molecule has 0 heterocycles. The monoisotopic (exact) mass is 314 g/mol. The second kappa shape index (κ2) is 8.44. The van der Waals surface area contributed by atoms with E-state index in [4.69, 9.17) is 0 Å². The number of hydrogen-bond donors (Lipinski definition) is 1. The van der Waals surface area contributed by atoms with Gasteiger partial charge in [0.05, 0.1) is 6.42 Å². The Morgan fingerprint density at radius 2 is 1.74 bits per heavy atom. The second-order valence-corrected chi connectivity index (χ2v) is 5.88. The molecule has 23 heavy (non-hydrogen) atoms. The molecule has 1 N–H and O–H groups in total. The summed E-state index contributed by atoms with van der Waals surface area (Å²) in [7, 11) is 3.99. The summed E-state index contributed by atoms with van der Waals surface area (Å²) < 4.78 is 13.6. The SMILES string of the molecule is CN(C)C(CNC(=O)Cc1ccccc1F)Cc1ccccc1. The molecule has 0 aliphatic rings. The molecule has 2 rings (SSSR count). The molecule has 0 radical (unpaired) electrons. The topological polar surface area (TPSA) is 32.3 Å². The Kier molecular flexibility index (Phi) is 6.29. The standard InChI is InChI=1S/C19H23FN2O/c1-22(2)17(12-15-8-4-3-5-9-15)14-21-19(23)13-16-10-6-7-11-18(16)20/h3-11,17H,12-14H2,1-2H3,(H,21,23). The van der Waals surface area contributed by atoms with Gasteiger partial charge in [0, 0.05) is 12.6 Å². The first-order chi connectivity index (χ1) is 11.1. The molecule has 1 atom stereocenters. The lowest BCUT2D eigenvalue weighted by molar-refractivity contribution is -0.120. The van der Waals surface area contributed by atoms with E-state index < -0.39 is 0 Å². The average molecular weight is 314 g/mol. The van der Waals surface area contributed by atoms with Crippen molar-refractivity contribution >= 4 is 5.91 Å². The van der Waals surface area contributed by atoms with Crippen LogP contribution in [0.4, 0.5) is 4.39 Å². The average Bonchev–Trinajstić information content (AvgIpc) is 2.54. The Bertz CT molecular complexity index is 628. The van der Waals surface area contributed by atoms with Crippen LogP contribution < -0.4 is 5.32 Å². The van der Waals surface area contributed by atoms with Crippen LogP contribution in [0.1, 0.15) is 11.1 Å². The van der Waals surface area contributed by atoms with E-state index in [9.17, 15) is 9.18 Å². The molecule has 2 aromatic rings. The number of likely N-dealkylation sites (N-methyl/N-ethyl adjacent to an activating group) is 1. The summed E-state index contributed by atoms with van der Waals surface area (Å²) in [6.45, 7) is 0.537. The highest BCUT2D eigenvalue weighted by atomic mass is 19.1. The fraction of sp³-hybridized carbons (Fsp3) is 0.316. The van der Waals surface area contributed by atoms with Crippen molar-refractivity contribution in [3.05, 3.63) is 71.5 Å². The number of nitrogens with zero attached hydrogens (tertiary/aromatic N) is 1. The molecule has 2 aromatic carbocycles. The quantitative estimate of drug-likeness (QED) is 0.852. The highest BCUT2D eigenvalue weighted by Crippen LogP contribution is 2.08. The van der Waals surface area contributed by atoms with E-state index in [1.165, 1.54) is 11.6 Å². The van der Waals surface area contributed by atoms with E-state index >= 15 is 0 Å². The zero-order valence-electron chi connectivity index (χ0n) is 13.6. The van der Waals surface area contributed by atoms with Gasteiger partial charge in [-0.1, -0.05) is 48.5 Å². The molecule has 122 valence electrons. The molecule has 1 amide bonds. The summed E-state index contributed by atoms with van der Waals surface area (Å²) >= 11 is 0. The molecule has 0 aromatic heterocycles. The van der Waals surface area contributed by atoms with Crippen LogP contribution in [0.15, 0.2) is 54.6 Å². The van der Waals surface area contributed by atoms with Gasteiger partial charge in [0.15, 0.2) is 0 Å². The third-order valence-electron chi connectivity index (χ3n) is 3.89. The minimum absolute atomic E-state index is 0.0676. The summed E-state index contributed by atoms with van der Waals surface area (Å²) in [4.78, 5) is 14.1. The van der Waals surface area contributed by atoms with Crippen LogP contribution >= 0.6 is 0 Å². The van der Waals surface area contributed by atoms with Crippen molar-refractivity contribution in [2.45, 2.75) is 18.9 Å². The van der Waals surface area contributed by atoms with E-state index in [2.05, 4.69) is 22.3 Å². The van der Waals surface area contributed by atoms with Gasteiger partial charge in [-0.25, -0.2) is 4.39 Å². The molecule has 1 unspecified atom stereocenters. The summed E-state index contributed by atoms with van der Waals surface area (Å²) in [6, 6.07) is 16.8.